The Hall–Kier alpha value is 0.503. The van der Waals surface area contributed by atoms with Crippen molar-refractivity contribution in [1.29, 1.82) is 0 Å². The average Bonchev–Trinajstić information content (AvgIpc) is 2.41. The minimum atomic E-state index is -1.99. The summed E-state index contributed by atoms with van der Waals surface area (Å²) in [5.41, 5.74) is 2.22. The van der Waals surface area contributed by atoms with E-state index in [1.807, 2.05) is 0 Å². The lowest BCUT2D eigenvalue weighted by Gasteiger charge is -2.42. The Labute approximate surface area is 149 Å². The summed E-state index contributed by atoms with van der Waals surface area (Å²) in [4.78, 5) is 0. The highest BCUT2D eigenvalue weighted by Crippen LogP contribution is 2.42. The van der Waals surface area contributed by atoms with Crippen LogP contribution in [0.4, 0.5) is 8.78 Å². The molecule has 122 valence electrons. The molecule has 0 aliphatic carbocycles. The highest BCUT2D eigenvalue weighted by molar-refractivity contribution is 9.23. The fourth-order valence-corrected chi connectivity index (χ4v) is 11.2. The molecule has 0 saturated heterocycles. The second kappa shape index (κ2) is 8.56. The van der Waals surface area contributed by atoms with E-state index in [1.54, 1.807) is 0 Å². The maximum atomic E-state index is 13.6. The molecule has 1 aromatic carbocycles. The van der Waals surface area contributed by atoms with Crippen molar-refractivity contribution in [2.24, 2.45) is 0 Å². The zero-order valence-corrected chi connectivity index (χ0v) is 18.3. The van der Waals surface area contributed by atoms with Gasteiger partial charge in [0.1, 0.15) is 0 Å². The standard InChI is InChI=1S/C16H25F2OSi.BrH.Mg/c1-11(2)20(12(3)4,13(5)6)19-10-14-7-8-15(17)16(18)9-14;;/h8-9,11-13H,10H2,1-6H3;1H;/q;;+1/p-1. The van der Waals surface area contributed by atoms with Crippen molar-refractivity contribution in [3.63, 3.8) is 0 Å². The molecular formula is C16H25BrF2MgOSi. The molecule has 0 aliphatic heterocycles. The van der Waals surface area contributed by atoms with Crippen LogP contribution in [0.5, 0.6) is 0 Å². The van der Waals surface area contributed by atoms with E-state index in [2.05, 4.69) is 54.4 Å². The zero-order valence-electron chi connectivity index (χ0n) is 14.3. The lowest BCUT2D eigenvalue weighted by Crippen LogP contribution is -2.47. The number of hydrogen-bond donors (Lipinski definition) is 0. The number of halogens is 3. The Balaban J connectivity index is 3.11. The molecule has 0 fully saturated rings. The first-order valence-electron chi connectivity index (χ1n) is 7.83. The van der Waals surface area contributed by atoms with E-state index in [-0.39, 0.29) is 0 Å². The van der Waals surface area contributed by atoms with Crippen LogP contribution in [-0.2, 0) is 11.0 Å². The van der Waals surface area contributed by atoms with Crippen LogP contribution in [0.1, 0.15) is 47.1 Å². The van der Waals surface area contributed by atoms with Gasteiger partial charge in [-0.1, -0.05) is 41.5 Å². The Morgan fingerprint density at radius 1 is 1.00 bits per heavy atom. The fourth-order valence-electron chi connectivity index (χ4n) is 3.59. The van der Waals surface area contributed by atoms with Gasteiger partial charge in [-0.3, -0.25) is 12.9 Å². The molecule has 6 heteroatoms. The van der Waals surface area contributed by atoms with E-state index in [0.717, 1.165) is 9.26 Å². The van der Waals surface area contributed by atoms with Gasteiger partial charge in [0.15, 0.2) is 11.6 Å². The maximum absolute atomic E-state index is 13.6. The number of rotatable bonds is 7. The summed E-state index contributed by atoms with van der Waals surface area (Å²) in [6.45, 7) is 13.7. The van der Waals surface area contributed by atoms with Gasteiger partial charge in [0.2, 0.25) is 8.32 Å². The highest BCUT2D eigenvalue weighted by Gasteiger charge is 2.45. The van der Waals surface area contributed by atoms with Gasteiger partial charge in [-0.05, 0) is 34.3 Å². The van der Waals surface area contributed by atoms with E-state index >= 15 is 0 Å². The number of benzene rings is 1. The van der Waals surface area contributed by atoms with Crippen LogP contribution in [-0.4, -0.2) is 26.5 Å². The SMILES string of the molecule is CC(C)[Si](OCc1cc(F)c(F)c[c]1[Mg][Br])(C(C)C)C(C)C. The van der Waals surface area contributed by atoms with Gasteiger partial charge in [0, 0.05) is 0 Å². The molecule has 0 amide bonds. The third-order valence-corrected chi connectivity index (χ3v) is 13.4. The van der Waals surface area contributed by atoms with Crippen molar-refractivity contribution in [1.82, 2.24) is 0 Å². The molecule has 1 rings (SSSR count). The smallest absolute Gasteiger partial charge is 0.412 e. The van der Waals surface area contributed by atoms with Crippen LogP contribution in [0.2, 0.25) is 16.6 Å². The van der Waals surface area contributed by atoms with E-state index < -0.39 is 38.1 Å². The van der Waals surface area contributed by atoms with Gasteiger partial charge in [-0.15, -0.1) is 3.69 Å². The van der Waals surface area contributed by atoms with Crippen molar-refractivity contribution >= 4 is 43.1 Å². The third kappa shape index (κ3) is 4.32. The molecule has 0 N–H and O–H groups in total. The summed E-state index contributed by atoms with van der Waals surface area (Å²) >= 11 is 2.72. The summed E-state index contributed by atoms with van der Waals surface area (Å²) in [6, 6.07) is 2.62. The second-order valence-electron chi connectivity index (χ2n) is 6.77. The lowest BCUT2D eigenvalue weighted by atomic mass is 10.2. The summed E-state index contributed by atoms with van der Waals surface area (Å²) in [5.74, 6) is -1.56. The van der Waals surface area contributed by atoms with Crippen molar-refractivity contribution in [3.05, 3.63) is 29.3 Å². The minimum absolute atomic E-state index is 0.381. The first kappa shape index (κ1) is 20.5. The van der Waals surface area contributed by atoms with Crippen molar-refractivity contribution in [2.75, 3.05) is 0 Å². The van der Waals surface area contributed by atoms with Crippen molar-refractivity contribution in [3.8, 4) is 0 Å². The van der Waals surface area contributed by atoms with E-state index in [1.165, 1.54) is 12.1 Å². The molecular weight excluding hydrogens is 378 g/mol. The molecule has 0 bridgehead atoms. The highest BCUT2D eigenvalue weighted by atomic mass is 79.9. The average molecular weight is 404 g/mol. The van der Waals surface area contributed by atoms with E-state index in [4.69, 9.17) is 4.43 Å². The summed E-state index contributed by atoms with van der Waals surface area (Å²) in [5, 5.41) is 0. The van der Waals surface area contributed by atoms with Gasteiger partial charge < -0.3 is 4.43 Å². The van der Waals surface area contributed by atoms with E-state index in [9.17, 15) is 8.78 Å². The van der Waals surface area contributed by atoms with Crippen molar-refractivity contribution in [2.45, 2.75) is 64.8 Å². The van der Waals surface area contributed by atoms with Crippen LogP contribution in [0.3, 0.4) is 0 Å². The summed E-state index contributed by atoms with van der Waals surface area (Å²) in [7, 11) is -1.99. The molecule has 0 aromatic heterocycles. The zero-order chi connectivity index (χ0) is 17.1. The largest absolute Gasteiger partial charge is 0.507 e. The van der Waals surface area contributed by atoms with Gasteiger partial charge in [-0.25, -0.2) is 8.78 Å². The molecule has 1 nitrogen and oxygen atoms in total. The topological polar surface area (TPSA) is 9.23 Å². The molecule has 0 heterocycles. The van der Waals surface area contributed by atoms with Crippen LogP contribution in [0, 0.1) is 11.6 Å². The predicted octanol–water partition coefficient (Wildman–Crippen LogP) is 5.30. The Morgan fingerprint density at radius 3 is 1.86 bits per heavy atom. The molecule has 0 atom stereocenters. The Bertz CT molecular complexity index is 487. The van der Waals surface area contributed by atoms with Gasteiger partial charge >= 0.3 is 18.2 Å². The molecule has 0 radical (unpaired) electrons. The van der Waals surface area contributed by atoms with Crippen LogP contribution < -0.4 is 3.69 Å². The second-order valence-corrected chi connectivity index (χ2v) is 14.9. The minimum Gasteiger partial charge on any atom is -0.412 e. The molecule has 1 aromatic rings. The molecule has 0 unspecified atom stereocenters. The molecule has 0 spiro atoms. The number of hydrogen-bond acceptors (Lipinski definition) is 1. The summed E-state index contributed by atoms with van der Waals surface area (Å²) < 4.78 is 34.3. The fraction of sp³-hybridized carbons (Fsp3) is 0.625. The molecule has 22 heavy (non-hydrogen) atoms. The van der Waals surface area contributed by atoms with E-state index in [0.29, 0.717) is 23.2 Å². The van der Waals surface area contributed by atoms with Gasteiger partial charge in [0.25, 0.3) is 0 Å². The predicted molar refractivity (Wildman–Crippen MR) is 96.5 cm³/mol. The monoisotopic (exact) mass is 402 g/mol. The van der Waals surface area contributed by atoms with Gasteiger partial charge in [0.05, 0.1) is 6.61 Å². The molecule has 0 aliphatic rings. The van der Waals surface area contributed by atoms with Crippen LogP contribution in [0.25, 0.3) is 0 Å². The first-order chi connectivity index (χ1) is 10.2. The van der Waals surface area contributed by atoms with Crippen molar-refractivity contribution < 1.29 is 13.2 Å². The Kier molecular flexibility index (Phi) is 7.99. The maximum Gasteiger partial charge on any atom is 0.507 e. The lowest BCUT2D eigenvalue weighted by molar-refractivity contribution is 0.266. The van der Waals surface area contributed by atoms with Crippen LogP contribution in [0.15, 0.2) is 12.1 Å². The molecule has 0 saturated carbocycles. The normalized spacial score (nSPS) is 12.4. The third-order valence-electron chi connectivity index (χ3n) is 4.57. The van der Waals surface area contributed by atoms with Crippen LogP contribution >= 0.6 is 12.9 Å². The first-order valence-corrected chi connectivity index (χ1v) is 14.6. The Morgan fingerprint density at radius 2 is 1.45 bits per heavy atom. The quantitative estimate of drug-likeness (QED) is 0.562. The summed E-state index contributed by atoms with van der Waals surface area (Å²) in [6.07, 6.45) is 0. The van der Waals surface area contributed by atoms with Gasteiger partial charge in [-0.2, -0.15) is 0 Å².